The van der Waals surface area contributed by atoms with E-state index >= 15 is 0 Å². The molecule has 2 aliphatic carbocycles. The van der Waals surface area contributed by atoms with E-state index in [2.05, 4.69) is 193 Å². The molecule has 8 rings (SSSR count). The molecule has 1 unspecified atom stereocenters. The highest BCUT2D eigenvalue weighted by Crippen LogP contribution is 2.41. The van der Waals surface area contributed by atoms with E-state index in [0.717, 1.165) is 25.7 Å². The number of nitrogens with zero attached hydrogens (tertiary/aromatic N) is 2. The molecule has 0 radical (unpaired) electrons. The molecule has 0 saturated heterocycles. The SMILES string of the molecule is C(C=N[C@@H]1CCCC[C@H]1NC(c1ccccc1)(c1ccccc1)c1ccccc1)=NC1CCCC[C@H]1NC(c1ccccc1)(c1ccccc1)c1ccccc1. The molecule has 4 heteroatoms. The highest BCUT2D eigenvalue weighted by atomic mass is 15.1. The Hall–Kier alpha value is -5.42. The van der Waals surface area contributed by atoms with Gasteiger partial charge in [-0.1, -0.05) is 208 Å². The maximum atomic E-state index is 5.30. The Kier molecular flexibility index (Phi) is 12.1. The van der Waals surface area contributed by atoms with Gasteiger partial charge in [0.1, 0.15) is 0 Å². The van der Waals surface area contributed by atoms with Crippen LogP contribution in [0.1, 0.15) is 84.7 Å². The van der Waals surface area contributed by atoms with Crippen LogP contribution in [0.3, 0.4) is 0 Å². The third-order valence-corrected chi connectivity index (χ3v) is 12.1. The van der Waals surface area contributed by atoms with Gasteiger partial charge in [-0.15, -0.1) is 0 Å². The van der Waals surface area contributed by atoms with E-state index in [-0.39, 0.29) is 24.2 Å². The van der Waals surface area contributed by atoms with E-state index in [1.54, 1.807) is 0 Å². The van der Waals surface area contributed by atoms with Crippen molar-refractivity contribution in [1.82, 2.24) is 10.6 Å². The van der Waals surface area contributed by atoms with Gasteiger partial charge in [-0.25, -0.2) is 0 Å². The lowest BCUT2D eigenvalue weighted by atomic mass is 9.75. The van der Waals surface area contributed by atoms with Crippen molar-refractivity contribution >= 4 is 12.4 Å². The topological polar surface area (TPSA) is 48.8 Å². The summed E-state index contributed by atoms with van der Waals surface area (Å²) in [6, 6.07) is 66.3. The predicted octanol–water partition coefficient (Wildman–Crippen LogP) is 10.9. The van der Waals surface area contributed by atoms with Gasteiger partial charge >= 0.3 is 0 Å². The van der Waals surface area contributed by atoms with E-state index in [1.165, 1.54) is 59.1 Å². The fourth-order valence-electron chi connectivity index (χ4n) is 9.40. The summed E-state index contributed by atoms with van der Waals surface area (Å²) in [5.41, 5.74) is 6.39. The van der Waals surface area contributed by atoms with Gasteiger partial charge in [0.15, 0.2) is 0 Å². The van der Waals surface area contributed by atoms with Crippen LogP contribution < -0.4 is 10.6 Å². The van der Waals surface area contributed by atoms with Crippen molar-refractivity contribution in [1.29, 1.82) is 0 Å². The van der Waals surface area contributed by atoms with Crippen LogP contribution in [0.4, 0.5) is 0 Å². The highest BCUT2D eigenvalue weighted by Gasteiger charge is 2.42. The summed E-state index contributed by atoms with van der Waals surface area (Å²) in [5, 5.41) is 8.54. The quantitative estimate of drug-likeness (QED) is 0.0917. The molecular formula is C52H54N4. The van der Waals surface area contributed by atoms with Crippen LogP contribution in [0.2, 0.25) is 0 Å². The minimum absolute atomic E-state index is 0.146. The molecule has 0 spiro atoms. The smallest absolute Gasteiger partial charge is 0.0950 e. The van der Waals surface area contributed by atoms with Crippen molar-refractivity contribution in [3.8, 4) is 0 Å². The Morgan fingerprint density at radius 2 is 0.571 bits per heavy atom. The summed E-state index contributed by atoms with van der Waals surface area (Å²) in [4.78, 5) is 10.6. The van der Waals surface area contributed by atoms with Gasteiger partial charge < -0.3 is 0 Å². The zero-order valence-electron chi connectivity index (χ0n) is 32.3. The summed E-state index contributed by atoms with van der Waals surface area (Å²) in [7, 11) is 0. The molecule has 0 aliphatic heterocycles. The maximum Gasteiger partial charge on any atom is 0.0950 e. The normalized spacial score (nSPS) is 20.6. The van der Waals surface area contributed by atoms with Gasteiger partial charge in [-0.2, -0.15) is 0 Å². The number of rotatable bonds is 13. The average Bonchev–Trinajstić information content (AvgIpc) is 3.29. The first-order chi connectivity index (χ1) is 27.8. The standard InChI is InChI=1S/C52H54N4/c1-7-23-41(24-8-1)51(42-25-9-2-10-26-42,43-27-11-3-12-28-43)55-49-37-21-19-35-47(49)53-39-40-54-48-36-20-22-38-50(48)56-52(44-29-13-4-14-30-44,45-31-15-5-16-32-45)46-33-17-6-18-34-46/h1-18,23-34,39-40,47-50,55-56H,19-22,35-38H2/t47-,48?,49-,50-/m1/s1. The second-order valence-corrected chi connectivity index (χ2v) is 15.5. The second kappa shape index (κ2) is 18.0. The summed E-state index contributed by atoms with van der Waals surface area (Å²) >= 11 is 0. The Morgan fingerprint density at radius 3 is 0.821 bits per heavy atom. The van der Waals surface area contributed by atoms with Gasteiger partial charge in [0.2, 0.25) is 0 Å². The Labute approximate surface area is 333 Å². The summed E-state index contributed by atoms with van der Waals surface area (Å²) in [6.45, 7) is 0. The molecule has 0 heterocycles. The largest absolute Gasteiger partial charge is 0.295 e. The first-order valence-electron chi connectivity index (χ1n) is 20.7. The maximum absolute atomic E-state index is 5.30. The molecule has 4 nitrogen and oxygen atoms in total. The van der Waals surface area contributed by atoms with E-state index in [1.807, 2.05) is 12.4 Å². The van der Waals surface area contributed by atoms with Crippen LogP contribution in [-0.4, -0.2) is 36.6 Å². The molecule has 2 N–H and O–H groups in total. The number of benzene rings is 6. The average molecular weight is 735 g/mol. The first-order valence-corrected chi connectivity index (χ1v) is 20.7. The molecule has 6 aromatic rings. The fraction of sp³-hybridized carbons (Fsp3) is 0.269. The van der Waals surface area contributed by atoms with E-state index in [4.69, 9.17) is 9.98 Å². The van der Waals surface area contributed by atoms with Gasteiger partial charge in [-0.05, 0) is 59.1 Å². The number of nitrogens with one attached hydrogen (secondary N) is 2. The molecule has 0 amide bonds. The monoisotopic (exact) mass is 734 g/mol. The van der Waals surface area contributed by atoms with Crippen molar-refractivity contribution in [2.45, 2.75) is 86.6 Å². The number of aliphatic imine (C=N–C) groups is 2. The van der Waals surface area contributed by atoms with Gasteiger partial charge in [0, 0.05) is 24.5 Å². The van der Waals surface area contributed by atoms with Crippen molar-refractivity contribution < 1.29 is 0 Å². The van der Waals surface area contributed by atoms with Crippen LogP contribution in [-0.2, 0) is 11.1 Å². The van der Waals surface area contributed by atoms with Crippen LogP contribution in [0.5, 0.6) is 0 Å². The third-order valence-electron chi connectivity index (χ3n) is 12.1. The molecule has 2 aliphatic rings. The Balaban J connectivity index is 1.08. The lowest BCUT2D eigenvalue weighted by Crippen LogP contribution is -2.54. The molecule has 6 aromatic carbocycles. The minimum Gasteiger partial charge on any atom is -0.295 e. The third kappa shape index (κ3) is 7.95. The van der Waals surface area contributed by atoms with Crippen LogP contribution >= 0.6 is 0 Å². The lowest BCUT2D eigenvalue weighted by Gasteiger charge is -2.43. The molecule has 4 atom stereocenters. The molecule has 0 bridgehead atoms. The van der Waals surface area contributed by atoms with Crippen LogP contribution in [0.25, 0.3) is 0 Å². The van der Waals surface area contributed by atoms with E-state index in [9.17, 15) is 0 Å². The van der Waals surface area contributed by atoms with E-state index in [0.29, 0.717) is 0 Å². The summed E-state index contributed by atoms with van der Waals surface area (Å²) in [6.07, 6.45) is 13.0. The highest BCUT2D eigenvalue weighted by molar-refractivity contribution is 6.16. The van der Waals surface area contributed by atoms with Crippen LogP contribution in [0.15, 0.2) is 192 Å². The molecule has 0 aromatic heterocycles. The molecular weight excluding hydrogens is 681 g/mol. The molecule has 2 saturated carbocycles. The van der Waals surface area contributed by atoms with Gasteiger partial charge in [-0.3, -0.25) is 20.6 Å². The van der Waals surface area contributed by atoms with Crippen molar-refractivity contribution in [2.75, 3.05) is 0 Å². The number of hydrogen-bond acceptors (Lipinski definition) is 4. The molecule has 282 valence electrons. The summed E-state index contributed by atoms with van der Waals surface area (Å²) in [5.74, 6) is 0. The zero-order chi connectivity index (χ0) is 37.9. The zero-order valence-corrected chi connectivity index (χ0v) is 32.3. The lowest BCUT2D eigenvalue weighted by molar-refractivity contribution is 0.281. The van der Waals surface area contributed by atoms with E-state index < -0.39 is 11.1 Å². The first kappa shape index (κ1) is 37.5. The minimum atomic E-state index is -0.516. The predicted molar refractivity (Wildman–Crippen MR) is 234 cm³/mol. The molecule has 2 fully saturated rings. The molecule has 56 heavy (non-hydrogen) atoms. The van der Waals surface area contributed by atoms with Crippen LogP contribution in [0, 0.1) is 0 Å². The fourth-order valence-corrected chi connectivity index (χ4v) is 9.40. The Bertz CT molecular complexity index is 1770. The Morgan fingerprint density at radius 1 is 0.339 bits per heavy atom. The second-order valence-electron chi connectivity index (χ2n) is 15.5. The van der Waals surface area contributed by atoms with Crippen molar-refractivity contribution in [3.63, 3.8) is 0 Å². The van der Waals surface area contributed by atoms with Crippen molar-refractivity contribution in [3.05, 3.63) is 215 Å². The number of hydrogen-bond donors (Lipinski definition) is 2. The van der Waals surface area contributed by atoms with Gasteiger partial charge in [0.25, 0.3) is 0 Å². The van der Waals surface area contributed by atoms with Crippen molar-refractivity contribution in [2.24, 2.45) is 9.98 Å². The van der Waals surface area contributed by atoms with Gasteiger partial charge in [0.05, 0.1) is 23.2 Å². The summed E-state index contributed by atoms with van der Waals surface area (Å²) < 4.78 is 0.